The van der Waals surface area contributed by atoms with E-state index in [4.69, 9.17) is 4.74 Å². The van der Waals surface area contributed by atoms with Gasteiger partial charge in [0.05, 0.1) is 19.0 Å². The lowest BCUT2D eigenvalue weighted by Crippen LogP contribution is -2.56. The first kappa shape index (κ1) is 34.7. The number of amides is 4. The summed E-state index contributed by atoms with van der Waals surface area (Å²) in [5.41, 5.74) is 2.07. The highest BCUT2D eigenvalue weighted by atomic mass is 19.1. The fourth-order valence-corrected chi connectivity index (χ4v) is 5.41. The van der Waals surface area contributed by atoms with Crippen LogP contribution < -0.4 is 26.0 Å². The molecular weight excluding hydrogens is 629 g/mol. The molecule has 0 saturated carbocycles. The molecule has 12 nitrogen and oxygen atoms in total. The summed E-state index contributed by atoms with van der Waals surface area (Å²) >= 11 is 0. The molecule has 6 rings (SSSR count). The molecule has 4 aromatic rings. The van der Waals surface area contributed by atoms with E-state index >= 15 is 0 Å². The minimum absolute atomic E-state index is 0.0648. The van der Waals surface area contributed by atoms with Gasteiger partial charge >= 0.3 is 0 Å². The summed E-state index contributed by atoms with van der Waals surface area (Å²) in [7, 11) is 0. The Hall–Kier alpha value is -5.59. The van der Waals surface area contributed by atoms with Crippen molar-refractivity contribution in [1.29, 1.82) is 0 Å². The smallest absolute Gasteiger partial charge is 0.243 e. The summed E-state index contributed by atoms with van der Waals surface area (Å²) in [5.74, 6) is -1.20. The fourth-order valence-electron chi connectivity index (χ4n) is 5.41. The molecule has 0 radical (unpaired) electrons. The summed E-state index contributed by atoms with van der Waals surface area (Å²) < 4.78 is 20.7. The molecule has 49 heavy (non-hydrogen) atoms. The molecule has 3 aromatic carbocycles. The summed E-state index contributed by atoms with van der Waals surface area (Å²) in [6.07, 6.45) is 0.0656. The Balaban J connectivity index is 1.42. The van der Waals surface area contributed by atoms with Gasteiger partial charge in [-0.3, -0.25) is 19.2 Å². The lowest BCUT2D eigenvalue weighted by atomic mass is 10.00. The van der Waals surface area contributed by atoms with Gasteiger partial charge in [0.25, 0.3) is 0 Å². The Labute approximate surface area is 283 Å². The maximum absolute atomic E-state index is 13.8. The van der Waals surface area contributed by atoms with Crippen LogP contribution in [-0.2, 0) is 38.6 Å². The van der Waals surface area contributed by atoms with E-state index < -0.39 is 41.7 Å². The Morgan fingerprint density at radius 3 is 2.39 bits per heavy atom. The van der Waals surface area contributed by atoms with Crippen molar-refractivity contribution in [3.05, 3.63) is 102 Å². The van der Waals surface area contributed by atoms with E-state index in [0.717, 1.165) is 11.1 Å². The molecule has 0 fully saturated rings. The Bertz CT molecular complexity index is 1760. The van der Waals surface area contributed by atoms with Crippen molar-refractivity contribution in [2.45, 2.75) is 58.3 Å². The molecule has 4 N–H and O–H groups in total. The van der Waals surface area contributed by atoms with Gasteiger partial charge in [-0.25, -0.2) is 14.1 Å². The molecule has 13 heteroatoms. The number of hydrogen-bond acceptors (Lipinski definition) is 7. The number of ether oxygens (including phenoxy) is 1. The number of rotatable bonds is 5. The van der Waals surface area contributed by atoms with Crippen LogP contribution in [0, 0.1) is 11.7 Å². The number of carbonyl (C=O) groups excluding carboxylic acids is 4. The Morgan fingerprint density at radius 2 is 1.69 bits per heavy atom. The van der Waals surface area contributed by atoms with Crippen LogP contribution in [0.4, 0.5) is 4.39 Å². The molecule has 3 atom stereocenters. The van der Waals surface area contributed by atoms with Gasteiger partial charge in [-0.2, -0.15) is 5.10 Å². The van der Waals surface area contributed by atoms with Crippen LogP contribution in [0.2, 0.25) is 0 Å². The minimum atomic E-state index is -1.02. The number of carbonyl (C=O) groups is 4. The van der Waals surface area contributed by atoms with Gasteiger partial charge in [0.1, 0.15) is 42.6 Å². The van der Waals surface area contributed by atoms with Crippen LogP contribution in [0.1, 0.15) is 43.8 Å². The Morgan fingerprint density at radius 1 is 0.980 bits per heavy atom. The third-order valence-electron chi connectivity index (χ3n) is 8.00. The number of aromatic nitrogens is 3. The molecule has 3 heterocycles. The van der Waals surface area contributed by atoms with Gasteiger partial charge in [0.2, 0.25) is 23.6 Å². The highest BCUT2D eigenvalue weighted by Crippen LogP contribution is 2.20. The number of halogens is 1. The molecule has 4 amide bonds. The predicted molar refractivity (Wildman–Crippen MR) is 179 cm³/mol. The molecule has 256 valence electrons. The maximum Gasteiger partial charge on any atom is 0.243 e. The standard InChI is InChI=1S/C36H40FN7O5/c1-22(2)32-36(48)39-23(3)34-42-33(26-7-5-4-6-8-26)43-44(34)21-31(46)38-17-18-49-28-15-11-24(12-16-28)19-29(35(47)41-32)40-30(45)20-25-9-13-27(37)14-10-25/h4-16,22-23,29,32H,17-21H2,1-3H3,(H,38,46)(H,39,48)(H,40,45)(H,41,47)/t23-,29-,32+/m0/s1. The molecule has 0 saturated heterocycles. The van der Waals surface area contributed by atoms with Crippen molar-refractivity contribution < 1.29 is 28.3 Å². The van der Waals surface area contributed by atoms with Crippen LogP contribution in [0.25, 0.3) is 11.4 Å². The highest BCUT2D eigenvalue weighted by molar-refractivity contribution is 5.92. The number of nitrogens with one attached hydrogen (secondary N) is 4. The second-order valence-electron chi connectivity index (χ2n) is 12.2. The lowest BCUT2D eigenvalue weighted by molar-refractivity contribution is -0.133. The van der Waals surface area contributed by atoms with Gasteiger partial charge in [0.15, 0.2) is 5.82 Å². The zero-order valence-electron chi connectivity index (χ0n) is 27.6. The fraction of sp³-hybridized carbons (Fsp3) is 0.333. The van der Waals surface area contributed by atoms with E-state index in [1.165, 1.54) is 28.9 Å². The third-order valence-corrected chi connectivity index (χ3v) is 8.00. The Kier molecular flexibility index (Phi) is 11.3. The van der Waals surface area contributed by atoms with Crippen molar-refractivity contribution in [2.75, 3.05) is 13.2 Å². The topological polar surface area (TPSA) is 156 Å². The second-order valence-corrected chi connectivity index (χ2v) is 12.2. The van der Waals surface area contributed by atoms with Crippen LogP contribution in [-0.4, -0.2) is 63.6 Å². The van der Waals surface area contributed by atoms with Gasteiger partial charge in [-0.05, 0) is 48.2 Å². The zero-order valence-corrected chi connectivity index (χ0v) is 27.6. The van der Waals surface area contributed by atoms with E-state index in [0.29, 0.717) is 23.0 Å². The number of fused-ring (bicyclic) bond motifs is 14. The molecule has 2 aliphatic rings. The van der Waals surface area contributed by atoms with Gasteiger partial charge in [-0.15, -0.1) is 0 Å². The summed E-state index contributed by atoms with van der Waals surface area (Å²) in [6, 6.07) is 19.2. The van der Waals surface area contributed by atoms with Crippen molar-refractivity contribution in [2.24, 2.45) is 5.92 Å². The normalized spacial score (nSPS) is 19.2. The van der Waals surface area contributed by atoms with Crippen molar-refractivity contribution in [3.8, 4) is 17.1 Å². The average Bonchev–Trinajstić information content (AvgIpc) is 3.50. The summed E-state index contributed by atoms with van der Waals surface area (Å²) in [4.78, 5) is 58.3. The maximum atomic E-state index is 13.8. The van der Waals surface area contributed by atoms with Crippen LogP contribution >= 0.6 is 0 Å². The molecule has 1 aromatic heterocycles. The number of benzene rings is 3. The third kappa shape index (κ3) is 9.49. The first-order chi connectivity index (χ1) is 23.5. The second kappa shape index (κ2) is 16.0. The molecular formula is C36H40FN7O5. The van der Waals surface area contributed by atoms with Crippen LogP contribution in [0.15, 0.2) is 78.9 Å². The monoisotopic (exact) mass is 669 g/mol. The SMILES string of the molecule is CC(C)[C@H]1NC(=O)[C@@H](NC(=O)Cc2ccc(F)cc2)Cc2ccc(cc2)OCCNC(=O)Cn2nc(-c3ccccc3)nc2[C@H](C)NC1=O. The van der Waals surface area contributed by atoms with E-state index in [9.17, 15) is 23.6 Å². The first-order valence-corrected chi connectivity index (χ1v) is 16.2. The number of nitrogens with zero attached hydrogens (tertiary/aromatic N) is 3. The van der Waals surface area contributed by atoms with Gasteiger partial charge < -0.3 is 26.0 Å². The molecule has 0 aliphatic carbocycles. The zero-order chi connectivity index (χ0) is 34.9. The van der Waals surface area contributed by atoms with E-state index in [-0.39, 0.29) is 44.4 Å². The highest BCUT2D eigenvalue weighted by Gasteiger charge is 2.31. The molecule has 0 unspecified atom stereocenters. The quantitative estimate of drug-likeness (QED) is 0.255. The van der Waals surface area contributed by atoms with Gasteiger partial charge in [-0.1, -0.05) is 68.4 Å². The van der Waals surface area contributed by atoms with Gasteiger partial charge in [0, 0.05) is 12.0 Å². The summed E-state index contributed by atoms with van der Waals surface area (Å²) in [6.45, 7) is 5.63. The first-order valence-electron chi connectivity index (χ1n) is 16.2. The molecule has 2 bridgehead atoms. The van der Waals surface area contributed by atoms with E-state index in [1.807, 2.05) is 30.3 Å². The van der Waals surface area contributed by atoms with Crippen molar-refractivity contribution >= 4 is 23.6 Å². The van der Waals surface area contributed by atoms with Crippen molar-refractivity contribution in [1.82, 2.24) is 36.0 Å². The van der Waals surface area contributed by atoms with E-state index in [2.05, 4.69) is 31.3 Å². The average molecular weight is 670 g/mol. The van der Waals surface area contributed by atoms with Crippen molar-refractivity contribution in [3.63, 3.8) is 0 Å². The van der Waals surface area contributed by atoms with Crippen LogP contribution in [0.3, 0.4) is 0 Å². The predicted octanol–water partition coefficient (Wildman–Crippen LogP) is 2.88. The minimum Gasteiger partial charge on any atom is -0.492 e. The number of hydrogen-bond donors (Lipinski definition) is 4. The summed E-state index contributed by atoms with van der Waals surface area (Å²) in [5, 5.41) is 16.0. The lowest BCUT2D eigenvalue weighted by Gasteiger charge is -2.27. The van der Waals surface area contributed by atoms with E-state index in [1.54, 1.807) is 45.0 Å². The molecule has 2 aliphatic heterocycles. The largest absolute Gasteiger partial charge is 0.492 e. The van der Waals surface area contributed by atoms with Crippen LogP contribution in [0.5, 0.6) is 5.75 Å². The molecule has 0 spiro atoms.